The molecule has 8 nitrogen and oxygen atoms in total. The van der Waals surface area contributed by atoms with Gasteiger partial charge in [0, 0.05) is 13.1 Å². The topological polar surface area (TPSA) is 93.2 Å². The average Bonchev–Trinajstić information content (AvgIpc) is 3.04. The summed E-state index contributed by atoms with van der Waals surface area (Å²) in [5, 5.41) is 0. The molecule has 0 unspecified atom stereocenters. The third-order valence-electron chi connectivity index (χ3n) is 4.75. The van der Waals surface area contributed by atoms with Crippen molar-refractivity contribution in [3.63, 3.8) is 0 Å². The van der Waals surface area contributed by atoms with E-state index in [4.69, 9.17) is 9.47 Å². The van der Waals surface area contributed by atoms with Gasteiger partial charge < -0.3 is 14.4 Å². The Kier molecular flexibility index (Phi) is 6.07. The van der Waals surface area contributed by atoms with Crippen LogP contribution in [-0.4, -0.2) is 64.3 Å². The SMILES string of the molecule is CCCCOC(=O)[C@H]1CN(c2ccc(N3CCS(=O)(=O)CC3)c(F)c2)C(=O)O1. The molecule has 2 heterocycles. The van der Waals surface area contributed by atoms with Gasteiger partial charge >= 0.3 is 12.1 Å². The number of carbonyl (C=O) groups is 2. The van der Waals surface area contributed by atoms with Gasteiger partial charge in [0.2, 0.25) is 6.10 Å². The first-order chi connectivity index (χ1) is 13.3. The Balaban J connectivity index is 1.66. The minimum absolute atomic E-state index is 0.0194. The maximum atomic E-state index is 14.6. The number of hydrogen-bond acceptors (Lipinski definition) is 7. The highest BCUT2D eigenvalue weighted by Crippen LogP contribution is 2.29. The largest absolute Gasteiger partial charge is 0.463 e. The van der Waals surface area contributed by atoms with Crippen LogP contribution in [0.2, 0.25) is 0 Å². The number of cyclic esters (lactones) is 1. The number of carbonyl (C=O) groups excluding carboxylic acids is 2. The monoisotopic (exact) mass is 414 g/mol. The number of hydrogen-bond donors (Lipinski definition) is 0. The van der Waals surface area contributed by atoms with E-state index in [2.05, 4.69) is 0 Å². The number of unbranched alkanes of at least 4 members (excludes halogenated alkanes) is 1. The van der Waals surface area contributed by atoms with Crippen LogP contribution in [0.1, 0.15) is 19.8 Å². The van der Waals surface area contributed by atoms with Crippen molar-refractivity contribution in [3.05, 3.63) is 24.0 Å². The lowest BCUT2D eigenvalue weighted by Crippen LogP contribution is -2.40. The summed E-state index contributed by atoms with van der Waals surface area (Å²) in [4.78, 5) is 26.9. The molecule has 0 bridgehead atoms. The molecule has 0 aliphatic carbocycles. The van der Waals surface area contributed by atoms with Crippen molar-refractivity contribution >= 4 is 33.3 Å². The number of rotatable bonds is 6. The van der Waals surface area contributed by atoms with E-state index >= 15 is 0 Å². The fraction of sp³-hybridized carbons (Fsp3) is 0.556. The van der Waals surface area contributed by atoms with Crippen molar-refractivity contribution < 1.29 is 31.9 Å². The van der Waals surface area contributed by atoms with Crippen LogP contribution < -0.4 is 9.80 Å². The molecule has 1 aromatic rings. The van der Waals surface area contributed by atoms with E-state index in [0.717, 1.165) is 12.8 Å². The van der Waals surface area contributed by atoms with E-state index in [1.165, 1.54) is 17.0 Å². The van der Waals surface area contributed by atoms with Gasteiger partial charge in [0.25, 0.3) is 0 Å². The molecule has 2 aliphatic rings. The van der Waals surface area contributed by atoms with Crippen LogP contribution in [0.5, 0.6) is 0 Å². The molecule has 0 spiro atoms. The molecule has 0 N–H and O–H groups in total. The predicted octanol–water partition coefficient (Wildman–Crippen LogP) is 1.73. The van der Waals surface area contributed by atoms with E-state index in [-0.39, 0.29) is 49.1 Å². The van der Waals surface area contributed by atoms with E-state index in [1.54, 1.807) is 11.0 Å². The molecule has 1 amide bonds. The molecule has 0 aromatic heterocycles. The highest BCUT2D eigenvalue weighted by atomic mass is 32.2. The van der Waals surface area contributed by atoms with Gasteiger partial charge in [-0.15, -0.1) is 0 Å². The van der Waals surface area contributed by atoms with Gasteiger partial charge in [0.1, 0.15) is 5.82 Å². The zero-order valence-corrected chi connectivity index (χ0v) is 16.4. The van der Waals surface area contributed by atoms with Gasteiger partial charge in [0.05, 0.1) is 36.0 Å². The number of nitrogens with zero attached hydrogens (tertiary/aromatic N) is 2. The molecule has 2 aliphatic heterocycles. The van der Waals surface area contributed by atoms with Gasteiger partial charge in [-0.3, -0.25) is 4.90 Å². The Morgan fingerprint density at radius 3 is 2.68 bits per heavy atom. The lowest BCUT2D eigenvalue weighted by Gasteiger charge is -2.29. The van der Waals surface area contributed by atoms with E-state index < -0.39 is 33.8 Å². The Bertz CT molecular complexity index is 846. The summed E-state index contributed by atoms with van der Waals surface area (Å²) in [7, 11) is -3.07. The fourth-order valence-electron chi connectivity index (χ4n) is 3.08. The average molecular weight is 414 g/mol. The fourth-order valence-corrected chi connectivity index (χ4v) is 4.28. The van der Waals surface area contributed by atoms with Crippen molar-refractivity contribution in [1.29, 1.82) is 0 Å². The molecule has 1 aromatic carbocycles. The smallest absolute Gasteiger partial charge is 0.415 e. The highest BCUT2D eigenvalue weighted by molar-refractivity contribution is 7.91. The molecule has 2 saturated heterocycles. The standard InChI is InChI=1S/C18H23FN2O6S/c1-2-3-8-26-17(22)16-12-21(18(23)27-16)13-4-5-15(14(19)11-13)20-6-9-28(24,25)10-7-20/h4-5,11,16H,2-3,6-10,12H2,1H3/t16-/m1/s1. The zero-order chi connectivity index (χ0) is 20.3. The van der Waals surface area contributed by atoms with Gasteiger partial charge in [-0.2, -0.15) is 0 Å². The van der Waals surface area contributed by atoms with Crippen molar-refractivity contribution in [2.24, 2.45) is 0 Å². The second-order valence-electron chi connectivity index (χ2n) is 6.78. The normalized spacial score (nSPS) is 21.5. The lowest BCUT2D eigenvalue weighted by molar-refractivity contribution is -0.151. The first-order valence-electron chi connectivity index (χ1n) is 9.20. The molecule has 10 heteroatoms. The van der Waals surface area contributed by atoms with Crippen LogP contribution >= 0.6 is 0 Å². The number of halogens is 1. The van der Waals surface area contributed by atoms with Crippen LogP contribution in [0.4, 0.5) is 20.6 Å². The van der Waals surface area contributed by atoms with Gasteiger partial charge in [-0.25, -0.2) is 22.4 Å². The molecule has 0 radical (unpaired) electrons. The number of ether oxygens (including phenoxy) is 2. The summed E-state index contributed by atoms with van der Waals surface area (Å²) < 4.78 is 47.8. The van der Waals surface area contributed by atoms with Crippen molar-refractivity contribution in [3.8, 4) is 0 Å². The summed E-state index contributed by atoms with van der Waals surface area (Å²) in [5.41, 5.74) is 0.543. The third kappa shape index (κ3) is 4.54. The number of esters is 1. The highest BCUT2D eigenvalue weighted by Gasteiger charge is 2.38. The van der Waals surface area contributed by atoms with Crippen molar-refractivity contribution in [1.82, 2.24) is 0 Å². The van der Waals surface area contributed by atoms with Gasteiger partial charge in [-0.1, -0.05) is 13.3 Å². The number of amides is 1. The summed E-state index contributed by atoms with van der Waals surface area (Å²) in [6.07, 6.45) is -0.188. The molecule has 28 heavy (non-hydrogen) atoms. The molecule has 3 rings (SSSR count). The van der Waals surface area contributed by atoms with Crippen LogP contribution in [0, 0.1) is 5.82 Å². The van der Waals surface area contributed by atoms with Crippen LogP contribution in [0.15, 0.2) is 18.2 Å². The summed E-state index contributed by atoms with van der Waals surface area (Å²) in [5.74, 6) is -1.22. The molecular formula is C18H23FN2O6S. The first kappa shape index (κ1) is 20.4. The molecular weight excluding hydrogens is 391 g/mol. The quantitative estimate of drug-likeness (QED) is 0.517. The Labute approximate surface area is 163 Å². The first-order valence-corrected chi connectivity index (χ1v) is 11.0. The molecule has 0 saturated carbocycles. The van der Waals surface area contributed by atoms with E-state index in [9.17, 15) is 22.4 Å². The van der Waals surface area contributed by atoms with Crippen molar-refractivity contribution in [2.45, 2.75) is 25.9 Å². The number of anilines is 2. The number of sulfone groups is 1. The number of benzene rings is 1. The maximum Gasteiger partial charge on any atom is 0.415 e. The van der Waals surface area contributed by atoms with E-state index in [0.29, 0.717) is 0 Å². The second-order valence-corrected chi connectivity index (χ2v) is 9.08. The summed E-state index contributed by atoms with van der Waals surface area (Å²) in [6, 6.07) is 4.24. The van der Waals surface area contributed by atoms with Gasteiger partial charge in [-0.05, 0) is 24.6 Å². The maximum absolute atomic E-state index is 14.6. The predicted molar refractivity (Wildman–Crippen MR) is 101 cm³/mol. The molecule has 2 fully saturated rings. The Morgan fingerprint density at radius 2 is 2.04 bits per heavy atom. The van der Waals surface area contributed by atoms with E-state index in [1.807, 2.05) is 6.92 Å². The second kappa shape index (κ2) is 8.34. The lowest BCUT2D eigenvalue weighted by atomic mass is 10.2. The minimum Gasteiger partial charge on any atom is -0.463 e. The molecule has 154 valence electrons. The zero-order valence-electron chi connectivity index (χ0n) is 15.6. The Morgan fingerprint density at radius 1 is 1.32 bits per heavy atom. The summed E-state index contributed by atoms with van der Waals surface area (Å²) >= 11 is 0. The third-order valence-corrected chi connectivity index (χ3v) is 6.35. The van der Waals surface area contributed by atoms with Crippen LogP contribution in [0.25, 0.3) is 0 Å². The van der Waals surface area contributed by atoms with Crippen LogP contribution in [0.3, 0.4) is 0 Å². The van der Waals surface area contributed by atoms with Crippen molar-refractivity contribution in [2.75, 3.05) is 47.5 Å². The molecule has 1 atom stereocenters. The summed E-state index contributed by atoms with van der Waals surface area (Å²) in [6.45, 7) is 2.61. The van der Waals surface area contributed by atoms with Gasteiger partial charge in [0.15, 0.2) is 9.84 Å². The Hall–Kier alpha value is -2.36. The minimum atomic E-state index is -3.07. The van der Waals surface area contributed by atoms with Crippen LogP contribution in [-0.2, 0) is 24.1 Å².